The largest absolute Gasteiger partial charge is 0.300 e. The Morgan fingerprint density at radius 2 is 1.55 bits per heavy atom. The Bertz CT molecular complexity index is 154. The molecule has 11 heavy (non-hydrogen) atoms. The molecule has 1 fully saturated rings. The third-order valence-corrected chi connectivity index (χ3v) is 3.61. The van der Waals surface area contributed by atoms with Crippen LogP contribution in [0.2, 0.25) is 0 Å². The van der Waals surface area contributed by atoms with Gasteiger partial charge in [-0.1, -0.05) is 27.7 Å². The molecule has 0 aromatic heterocycles. The fourth-order valence-corrected chi connectivity index (χ4v) is 1.78. The van der Waals surface area contributed by atoms with Gasteiger partial charge in [0.25, 0.3) is 0 Å². The summed E-state index contributed by atoms with van der Waals surface area (Å²) in [5.41, 5.74) is 0.355. The number of rotatable bonds is 0. The van der Waals surface area contributed by atoms with E-state index >= 15 is 0 Å². The van der Waals surface area contributed by atoms with E-state index in [4.69, 9.17) is 0 Å². The Morgan fingerprint density at radius 3 is 1.91 bits per heavy atom. The SMILES string of the molecule is C[C@H]1CC(=O)C[C@H](C)C1(C)C. The second-order valence-corrected chi connectivity index (χ2v) is 4.57. The Labute approximate surface area is 69.2 Å². The minimum atomic E-state index is 0.355. The van der Waals surface area contributed by atoms with Crippen molar-refractivity contribution in [2.24, 2.45) is 17.3 Å². The molecule has 0 bridgehead atoms. The van der Waals surface area contributed by atoms with Crippen molar-refractivity contribution >= 4 is 5.78 Å². The van der Waals surface area contributed by atoms with Gasteiger partial charge in [0.2, 0.25) is 0 Å². The predicted molar refractivity (Wildman–Crippen MR) is 46.4 cm³/mol. The zero-order valence-corrected chi connectivity index (χ0v) is 7.98. The minimum Gasteiger partial charge on any atom is -0.300 e. The number of carbonyl (C=O) groups excluding carboxylic acids is 1. The fourth-order valence-electron chi connectivity index (χ4n) is 1.78. The summed E-state index contributed by atoms with van der Waals surface area (Å²) >= 11 is 0. The highest BCUT2D eigenvalue weighted by molar-refractivity contribution is 5.79. The van der Waals surface area contributed by atoms with Crippen molar-refractivity contribution in [1.82, 2.24) is 0 Å². The smallest absolute Gasteiger partial charge is 0.133 e. The standard InChI is InChI=1S/C10H18O/c1-7-5-9(11)6-8(2)10(7,3)4/h7-8H,5-6H2,1-4H3/t7-,8-/m0/s1. The monoisotopic (exact) mass is 154 g/mol. The zero-order valence-electron chi connectivity index (χ0n) is 7.98. The van der Waals surface area contributed by atoms with Crippen molar-refractivity contribution < 1.29 is 4.79 Å². The molecule has 0 amide bonds. The summed E-state index contributed by atoms with van der Waals surface area (Å²) in [5.74, 6) is 1.56. The molecule has 1 heteroatoms. The van der Waals surface area contributed by atoms with E-state index in [1.54, 1.807) is 0 Å². The van der Waals surface area contributed by atoms with Crippen LogP contribution >= 0.6 is 0 Å². The lowest BCUT2D eigenvalue weighted by Crippen LogP contribution is -2.37. The van der Waals surface area contributed by atoms with E-state index in [2.05, 4.69) is 27.7 Å². The number of hydrogen-bond donors (Lipinski definition) is 0. The third-order valence-electron chi connectivity index (χ3n) is 3.61. The number of Topliss-reactive ketones (excluding diaryl/α,β-unsaturated/α-hetero) is 1. The topological polar surface area (TPSA) is 17.1 Å². The van der Waals surface area contributed by atoms with Crippen LogP contribution < -0.4 is 0 Å². The lowest BCUT2D eigenvalue weighted by molar-refractivity contribution is -0.126. The first kappa shape index (κ1) is 8.76. The quantitative estimate of drug-likeness (QED) is 0.524. The number of hydrogen-bond acceptors (Lipinski definition) is 1. The summed E-state index contributed by atoms with van der Waals surface area (Å²) in [5, 5.41) is 0. The molecule has 0 spiro atoms. The van der Waals surface area contributed by atoms with Crippen molar-refractivity contribution in [2.75, 3.05) is 0 Å². The second kappa shape index (κ2) is 2.62. The second-order valence-electron chi connectivity index (χ2n) is 4.57. The Morgan fingerprint density at radius 1 is 1.18 bits per heavy atom. The first-order valence-electron chi connectivity index (χ1n) is 4.46. The molecule has 0 unspecified atom stereocenters. The van der Waals surface area contributed by atoms with Crippen molar-refractivity contribution in [2.45, 2.75) is 40.5 Å². The lowest BCUT2D eigenvalue weighted by atomic mass is 9.63. The summed E-state index contributed by atoms with van der Waals surface area (Å²) in [6.45, 7) is 8.92. The van der Waals surface area contributed by atoms with Gasteiger partial charge in [-0.05, 0) is 17.3 Å². The molecule has 1 saturated carbocycles. The average Bonchev–Trinajstić information content (AvgIpc) is 1.84. The van der Waals surface area contributed by atoms with E-state index in [0.29, 0.717) is 23.0 Å². The molecule has 1 rings (SSSR count). The summed E-state index contributed by atoms with van der Waals surface area (Å²) in [4.78, 5) is 11.2. The van der Waals surface area contributed by atoms with Crippen LogP contribution in [0.1, 0.15) is 40.5 Å². The molecule has 1 aliphatic carbocycles. The van der Waals surface area contributed by atoms with Gasteiger partial charge in [0.15, 0.2) is 0 Å². The van der Waals surface area contributed by atoms with Crippen LogP contribution in [0, 0.1) is 17.3 Å². The van der Waals surface area contributed by atoms with Gasteiger partial charge >= 0.3 is 0 Å². The van der Waals surface area contributed by atoms with E-state index in [9.17, 15) is 4.79 Å². The fraction of sp³-hybridized carbons (Fsp3) is 0.900. The van der Waals surface area contributed by atoms with Crippen LogP contribution in [0.25, 0.3) is 0 Å². The highest BCUT2D eigenvalue weighted by Crippen LogP contribution is 2.42. The van der Waals surface area contributed by atoms with Crippen LogP contribution in [-0.2, 0) is 4.79 Å². The molecular weight excluding hydrogens is 136 g/mol. The first-order chi connectivity index (χ1) is 4.94. The normalized spacial score (nSPS) is 37.3. The third kappa shape index (κ3) is 1.47. The maximum Gasteiger partial charge on any atom is 0.133 e. The summed E-state index contributed by atoms with van der Waals surface area (Å²) in [6, 6.07) is 0. The van der Waals surface area contributed by atoms with E-state index in [1.807, 2.05) is 0 Å². The predicted octanol–water partition coefficient (Wildman–Crippen LogP) is 2.65. The Balaban J connectivity index is 2.75. The van der Waals surface area contributed by atoms with E-state index in [0.717, 1.165) is 12.8 Å². The van der Waals surface area contributed by atoms with Crippen LogP contribution in [0.15, 0.2) is 0 Å². The average molecular weight is 154 g/mol. The molecule has 0 radical (unpaired) electrons. The zero-order chi connectivity index (χ0) is 8.65. The molecular formula is C10H18O. The molecule has 0 saturated heterocycles. The van der Waals surface area contributed by atoms with Crippen LogP contribution in [-0.4, -0.2) is 5.78 Å². The highest BCUT2D eigenvalue weighted by atomic mass is 16.1. The van der Waals surface area contributed by atoms with Crippen molar-refractivity contribution in [3.8, 4) is 0 Å². The number of ketones is 1. The maximum atomic E-state index is 11.2. The van der Waals surface area contributed by atoms with Crippen molar-refractivity contribution in [3.63, 3.8) is 0 Å². The molecule has 1 nitrogen and oxygen atoms in total. The van der Waals surface area contributed by atoms with Gasteiger partial charge in [-0.15, -0.1) is 0 Å². The molecule has 0 heterocycles. The van der Waals surface area contributed by atoms with E-state index in [-0.39, 0.29) is 0 Å². The Kier molecular flexibility index (Phi) is 2.08. The van der Waals surface area contributed by atoms with Gasteiger partial charge in [0.1, 0.15) is 5.78 Å². The summed E-state index contributed by atoms with van der Waals surface area (Å²) in [6.07, 6.45) is 1.58. The van der Waals surface area contributed by atoms with Gasteiger partial charge in [0.05, 0.1) is 0 Å². The summed E-state index contributed by atoms with van der Waals surface area (Å²) < 4.78 is 0. The molecule has 0 aliphatic heterocycles. The molecule has 2 atom stereocenters. The van der Waals surface area contributed by atoms with Crippen molar-refractivity contribution in [3.05, 3.63) is 0 Å². The summed E-state index contributed by atoms with van der Waals surface area (Å²) in [7, 11) is 0. The van der Waals surface area contributed by atoms with Gasteiger partial charge in [-0.25, -0.2) is 0 Å². The molecule has 0 N–H and O–H groups in total. The van der Waals surface area contributed by atoms with Crippen LogP contribution in [0.5, 0.6) is 0 Å². The molecule has 1 aliphatic rings. The molecule has 64 valence electrons. The van der Waals surface area contributed by atoms with Gasteiger partial charge in [-0.3, -0.25) is 4.79 Å². The molecule has 0 aromatic carbocycles. The van der Waals surface area contributed by atoms with Crippen molar-refractivity contribution in [1.29, 1.82) is 0 Å². The van der Waals surface area contributed by atoms with E-state index in [1.165, 1.54) is 0 Å². The highest BCUT2D eigenvalue weighted by Gasteiger charge is 2.38. The van der Waals surface area contributed by atoms with E-state index < -0.39 is 0 Å². The molecule has 0 aromatic rings. The van der Waals surface area contributed by atoms with Gasteiger partial charge in [-0.2, -0.15) is 0 Å². The lowest BCUT2D eigenvalue weighted by Gasteiger charge is -2.41. The van der Waals surface area contributed by atoms with Gasteiger partial charge < -0.3 is 0 Å². The number of carbonyl (C=O) groups is 1. The Hall–Kier alpha value is -0.330. The first-order valence-corrected chi connectivity index (χ1v) is 4.46. The minimum absolute atomic E-state index is 0.355. The maximum absolute atomic E-state index is 11.2. The van der Waals surface area contributed by atoms with Crippen LogP contribution in [0.4, 0.5) is 0 Å². The van der Waals surface area contributed by atoms with Gasteiger partial charge in [0, 0.05) is 12.8 Å². The van der Waals surface area contributed by atoms with Crippen LogP contribution in [0.3, 0.4) is 0 Å².